The van der Waals surface area contributed by atoms with Gasteiger partial charge in [0.2, 0.25) is 5.91 Å². The van der Waals surface area contributed by atoms with Crippen LogP contribution >= 0.6 is 27.3 Å². The molecule has 1 saturated carbocycles. The van der Waals surface area contributed by atoms with Crippen molar-refractivity contribution in [2.45, 2.75) is 51.0 Å². The van der Waals surface area contributed by atoms with Crippen molar-refractivity contribution in [2.24, 2.45) is 5.92 Å². The van der Waals surface area contributed by atoms with Gasteiger partial charge in [0, 0.05) is 30.4 Å². The molecule has 0 bridgehead atoms. The van der Waals surface area contributed by atoms with Gasteiger partial charge in [0.05, 0.1) is 3.79 Å². The van der Waals surface area contributed by atoms with Crippen LogP contribution in [0.2, 0.25) is 0 Å². The van der Waals surface area contributed by atoms with Gasteiger partial charge in [0.1, 0.15) is 0 Å². The molecular weight excluding hydrogens is 360 g/mol. The molecule has 1 saturated heterocycles. The van der Waals surface area contributed by atoms with E-state index in [4.69, 9.17) is 0 Å². The molecule has 1 aliphatic carbocycles. The highest BCUT2D eigenvalue weighted by Crippen LogP contribution is 2.28. The Hall–Kier alpha value is -0.390. The molecule has 1 amide bonds. The molecule has 2 aliphatic rings. The number of likely N-dealkylation sites (tertiary alicyclic amines) is 1. The number of thiophene rings is 1. The molecule has 1 aliphatic heterocycles. The number of hydrogen-bond donors (Lipinski definition) is 1. The van der Waals surface area contributed by atoms with E-state index in [1.54, 1.807) is 11.3 Å². The van der Waals surface area contributed by atoms with Crippen LogP contribution in [0.1, 0.15) is 43.4 Å². The number of amides is 1. The first-order valence-corrected chi connectivity index (χ1v) is 10.1. The molecule has 2 fully saturated rings. The number of hydrogen-bond acceptors (Lipinski definition) is 3. The Kier molecular flexibility index (Phi) is 5.94. The van der Waals surface area contributed by atoms with Crippen molar-refractivity contribution in [1.82, 2.24) is 10.2 Å². The van der Waals surface area contributed by atoms with Crippen LogP contribution in [-0.2, 0) is 11.2 Å². The van der Waals surface area contributed by atoms with E-state index in [9.17, 15) is 4.79 Å². The average Bonchev–Trinajstić information content (AvgIpc) is 3.27. The zero-order valence-electron chi connectivity index (χ0n) is 13.0. The van der Waals surface area contributed by atoms with Crippen molar-refractivity contribution in [1.29, 1.82) is 0 Å². The summed E-state index contributed by atoms with van der Waals surface area (Å²) < 4.78 is 1.18. The maximum Gasteiger partial charge on any atom is 0.222 e. The molecule has 1 aromatic heterocycles. The topological polar surface area (TPSA) is 32.3 Å². The van der Waals surface area contributed by atoms with Crippen molar-refractivity contribution in [2.75, 3.05) is 19.6 Å². The molecule has 0 spiro atoms. The van der Waals surface area contributed by atoms with Gasteiger partial charge in [-0.15, -0.1) is 11.3 Å². The number of carbonyl (C=O) groups excluding carboxylic acids is 1. The highest BCUT2D eigenvalue weighted by molar-refractivity contribution is 9.11. The second kappa shape index (κ2) is 7.93. The molecule has 1 N–H and O–H groups in total. The number of nitrogens with one attached hydrogen (secondary N) is 1. The summed E-state index contributed by atoms with van der Waals surface area (Å²) in [5.74, 6) is 1.29. The number of aryl methyl sites for hydroxylation is 1. The third-order valence-corrected chi connectivity index (χ3v) is 6.37. The van der Waals surface area contributed by atoms with Crippen molar-refractivity contribution in [3.05, 3.63) is 20.8 Å². The fraction of sp³-hybridized carbons (Fsp3) is 0.706. The Bertz CT molecular complexity index is 493. The molecular formula is C17H25BrN2OS. The Morgan fingerprint density at radius 1 is 1.27 bits per heavy atom. The Labute approximate surface area is 145 Å². The van der Waals surface area contributed by atoms with Crippen LogP contribution in [0, 0.1) is 5.92 Å². The van der Waals surface area contributed by atoms with Gasteiger partial charge < -0.3 is 10.2 Å². The molecule has 3 nitrogen and oxygen atoms in total. The van der Waals surface area contributed by atoms with Crippen LogP contribution in [0.15, 0.2) is 15.9 Å². The number of rotatable bonds is 7. The predicted molar refractivity (Wildman–Crippen MR) is 95.3 cm³/mol. The summed E-state index contributed by atoms with van der Waals surface area (Å²) in [6.07, 6.45) is 7.73. The van der Waals surface area contributed by atoms with Gasteiger partial charge in [0.25, 0.3) is 0 Å². The van der Waals surface area contributed by atoms with Crippen LogP contribution in [0.4, 0.5) is 0 Å². The summed E-state index contributed by atoms with van der Waals surface area (Å²) in [7, 11) is 0. The van der Waals surface area contributed by atoms with E-state index in [0.717, 1.165) is 44.7 Å². The Balaban J connectivity index is 1.31. The van der Waals surface area contributed by atoms with Gasteiger partial charge in [0.15, 0.2) is 0 Å². The minimum absolute atomic E-state index is 0.344. The van der Waals surface area contributed by atoms with Crippen LogP contribution < -0.4 is 5.32 Å². The lowest BCUT2D eigenvalue weighted by Gasteiger charge is -2.32. The van der Waals surface area contributed by atoms with Gasteiger partial charge in [-0.1, -0.05) is 0 Å². The van der Waals surface area contributed by atoms with Crippen LogP contribution in [0.5, 0.6) is 0 Å². The van der Waals surface area contributed by atoms with Crippen molar-refractivity contribution in [3.63, 3.8) is 0 Å². The van der Waals surface area contributed by atoms with E-state index in [1.807, 2.05) is 0 Å². The van der Waals surface area contributed by atoms with E-state index in [0.29, 0.717) is 18.4 Å². The SMILES string of the molecule is O=C(CCCc1ccc(Br)s1)N1CCC(NCC2CC2)CC1. The molecule has 0 atom stereocenters. The van der Waals surface area contributed by atoms with Gasteiger partial charge >= 0.3 is 0 Å². The summed E-state index contributed by atoms with van der Waals surface area (Å²) in [6, 6.07) is 4.87. The maximum atomic E-state index is 12.3. The second-order valence-corrected chi connectivity index (χ2v) is 9.11. The molecule has 0 radical (unpaired) electrons. The molecule has 2 heterocycles. The van der Waals surface area contributed by atoms with Crippen molar-refractivity contribution < 1.29 is 4.79 Å². The molecule has 5 heteroatoms. The predicted octanol–water partition coefficient (Wildman–Crippen LogP) is 3.82. The highest BCUT2D eigenvalue weighted by atomic mass is 79.9. The summed E-state index contributed by atoms with van der Waals surface area (Å²) >= 11 is 5.26. The van der Waals surface area contributed by atoms with Crippen molar-refractivity contribution >= 4 is 33.2 Å². The first-order valence-electron chi connectivity index (χ1n) is 8.46. The summed E-state index contributed by atoms with van der Waals surface area (Å²) in [6.45, 7) is 3.06. The molecule has 3 rings (SSSR count). The zero-order chi connectivity index (χ0) is 15.4. The van der Waals surface area contributed by atoms with Crippen LogP contribution in [0.25, 0.3) is 0 Å². The van der Waals surface area contributed by atoms with Crippen LogP contribution in [-0.4, -0.2) is 36.5 Å². The van der Waals surface area contributed by atoms with E-state index in [2.05, 4.69) is 38.3 Å². The molecule has 0 aromatic carbocycles. The first-order chi connectivity index (χ1) is 10.7. The Morgan fingerprint density at radius 2 is 2.05 bits per heavy atom. The van der Waals surface area contributed by atoms with E-state index >= 15 is 0 Å². The summed E-state index contributed by atoms with van der Waals surface area (Å²) in [5, 5.41) is 3.67. The van der Waals surface area contributed by atoms with E-state index in [1.165, 1.54) is 28.0 Å². The number of carbonyl (C=O) groups is 1. The normalized spacial score (nSPS) is 19.6. The van der Waals surface area contributed by atoms with E-state index in [-0.39, 0.29) is 0 Å². The third-order valence-electron chi connectivity index (χ3n) is 4.68. The molecule has 122 valence electrons. The standard InChI is InChI=1S/C17H25BrN2OS/c18-16-7-6-15(22-16)2-1-3-17(21)20-10-8-14(9-11-20)19-12-13-4-5-13/h6-7,13-14,19H,1-5,8-12H2. The number of halogens is 1. The minimum atomic E-state index is 0.344. The van der Waals surface area contributed by atoms with E-state index < -0.39 is 0 Å². The summed E-state index contributed by atoms with van der Waals surface area (Å²) in [5.41, 5.74) is 0. The zero-order valence-corrected chi connectivity index (χ0v) is 15.4. The van der Waals surface area contributed by atoms with Gasteiger partial charge in [-0.2, -0.15) is 0 Å². The summed E-state index contributed by atoms with van der Waals surface area (Å²) in [4.78, 5) is 15.7. The second-order valence-electron chi connectivity index (χ2n) is 6.57. The molecule has 22 heavy (non-hydrogen) atoms. The lowest BCUT2D eigenvalue weighted by Crippen LogP contribution is -2.45. The fourth-order valence-corrected chi connectivity index (χ4v) is 4.57. The lowest BCUT2D eigenvalue weighted by molar-refractivity contribution is -0.132. The fourth-order valence-electron chi connectivity index (χ4n) is 3.05. The lowest BCUT2D eigenvalue weighted by atomic mass is 10.0. The highest BCUT2D eigenvalue weighted by Gasteiger charge is 2.25. The van der Waals surface area contributed by atoms with Gasteiger partial charge in [-0.05, 0) is 79.1 Å². The quantitative estimate of drug-likeness (QED) is 0.774. The number of nitrogens with zero attached hydrogens (tertiary/aromatic N) is 1. The molecule has 0 unspecified atom stereocenters. The smallest absolute Gasteiger partial charge is 0.222 e. The number of piperidine rings is 1. The van der Waals surface area contributed by atoms with Gasteiger partial charge in [-0.25, -0.2) is 0 Å². The van der Waals surface area contributed by atoms with Gasteiger partial charge in [-0.3, -0.25) is 4.79 Å². The van der Waals surface area contributed by atoms with Crippen molar-refractivity contribution in [3.8, 4) is 0 Å². The van der Waals surface area contributed by atoms with Crippen LogP contribution in [0.3, 0.4) is 0 Å². The Morgan fingerprint density at radius 3 is 2.68 bits per heavy atom. The maximum absolute atomic E-state index is 12.3. The monoisotopic (exact) mass is 384 g/mol. The minimum Gasteiger partial charge on any atom is -0.343 e. The largest absolute Gasteiger partial charge is 0.343 e. The molecule has 1 aromatic rings. The average molecular weight is 385 g/mol. The third kappa shape index (κ3) is 5.07. The first kappa shape index (κ1) is 16.5.